The zero-order chi connectivity index (χ0) is 29.5. The SMILES string of the molecule is O=C(Cn1nc(C(F)F)c2c1C13CC1(CC2)C3)N[C@@H](Cc1cc(F)cc(F)c1)c1ncncc1-c1cnc2[nH]ccc2c1. The predicted octanol–water partition coefficient (Wildman–Crippen LogP) is 5.51. The van der Waals surface area contributed by atoms with E-state index in [1.165, 1.54) is 23.1 Å². The number of carbonyl (C=O) groups is 1. The molecule has 4 aromatic heterocycles. The van der Waals surface area contributed by atoms with E-state index < -0.39 is 30.0 Å². The van der Waals surface area contributed by atoms with Crippen LogP contribution >= 0.6 is 0 Å². The molecule has 8 rings (SSSR count). The molecule has 1 aromatic carbocycles. The number of hydrogen-bond acceptors (Lipinski definition) is 5. The van der Waals surface area contributed by atoms with Crippen LogP contribution in [0.4, 0.5) is 17.6 Å². The Morgan fingerprint density at radius 1 is 1.07 bits per heavy atom. The smallest absolute Gasteiger partial charge is 0.282 e. The van der Waals surface area contributed by atoms with Crippen molar-refractivity contribution in [2.75, 3.05) is 0 Å². The number of pyridine rings is 1. The number of nitrogens with zero attached hydrogens (tertiary/aromatic N) is 5. The van der Waals surface area contributed by atoms with Crippen LogP contribution < -0.4 is 5.32 Å². The van der Waals surface area contributed by atoms with Crippen LogP contribution in [0.2, 0.25) is 0 Å². The maximum absolute atomic E-state index is 14.2. The molecule has 2 saturated carbocycles. The molecule has 8 nitrogen and oxygen atoms in total. The molecule has 43 heavy (non-hydrogen) atoms. The summed E-state index contributed by atoms with van der Waals surface area (Å²) < 4.78 is 57.7. The van der Waals surface area contributed by atoms with Gasteiger partial charge in [0.05, 0.1) is 11.7 Å². The maximum atomic E-state index is 14.2. The summed E-state index contributed by atoms with van der Waals surface area (Å²) in [6.45, 7) is -0.266. The number of H-pyrrole nitrogens is 1. The minimum Gasteiger partial charge on any atom is -0.346 e. The molecular formula is C31H25F4N7O. The molecule has 4 heterocycles. The first-order valence-corrected chi connectivity index (χ1v) is 14.1. The normalized spacial score (nSPS) is 22.2. The van der Waals surface area contributed by atoms with E-state index in [1.807, 2.05) is 12.1 Å². The summed E-state index contributed by atoms with van der Waals surface area (Å²) in [5.41, 5.74) is 3.83. The van der Waals surface area contributed by atoms with E-state index in [4.69, 9.17) is 0 Å². The van der Waals surface area contributed by atoms with Crippen molar-refractivity contribution in [2.24, 2.45) is 5.41 Å². The van der Waals surface area contributed by atoms with Crippen LogP contribution in [-0.2, 0) is 29.6 Å². The summed E-state index contributed by atoms with van der Waals surface area (Å²) in [5.74, 6) is -1.97. The number of halogens is 4. The number of aromatic nitrogens is 6. The first-order valence-electron chi connectivity index (χ1n) is 14.1. The van der Waals surface area contributed by atoms with Crippen molar-refractivity contribution in [1.82, 2.24) is 35.0 Å². The first kappa shape index (κ1) is 26.1. The standard InChI is InChI=1S/C31H25F4N7O/c32-19-5-16(6-20(33)9-19)7-23(25-22(11-36-15-39-25)18-8-17-2-4-37-29(17)38-10-18)40-24(43)12-42-27-21(26(41-42)28(34)35)1-3-30-13-31(27,30)14-30/h2,4-6,8-11,15,23,28H,1,3,7,12-14H2,(H,37,38)(H,40,43)/t23-,30?,31?/m0/s1. The lowest BCUT2D eigenvalue weighted by Crippen LogP contribution is -2.34. The number of amides is 1. The minimum absolute atomic E-state index is 0.0107. The molecule has 2 fully saturated rings. The van der Waals surface area contributed by atoms with Gasteiger partial charge in [-0.25, -0.2) is 32.5 Å². The van der Waals surface area contributed by atoms with Gasteiger partial charge >= 0.3 is 0 Å². The average Bonchev–Trinajstić information content (AvgIpc) is 3.63. The van der Waals surface area contributed by atoms with E-state index in [-0.39, 0.29) is 29.5 Å². The molecule has 0 bridgehead atoms. The Morgan fingerprint density at radius 2 is 1.88 bits per heavy atom. The van der Waals surface area contributed by atoms with Gasteiger partial charge in [-0.15, -0.1) is 0 Å². The van der Waals surface area contributed by atoms with Gasteiger partial charge < -0.3 is 10.3 Å². The van der Waals surface area contributed by atoms with Crippen LogP contribution in [0, 0.1) is 17.0 Å². The summed E-state index contributed by atoms with van der Waals surface area (Å²) in [6.07, 6.45) is 6.94. The Bertz CT molecular complexity index is 1910. The van der Waals surface area contributed by atoms with Gasteiger partial charge in [0.15, 0.2) is 0 Å². The fraction of sp³-hybridized carbons (Fsp3) is 0.323. The first-order chi connectivity index (χ1) is 20.7. The third-order valence-corrected chi connectivity index (χ3v) is 9.42. The molecule has 3 aliphatic rings. The number of rotatable bonds is 8. The predicted molar refractivity (Wildman–Crippen MR) is 147 cm³/mol. The molecule has 218 valence electrons. The Balaban J connectivity index is 1.15. The van der Waals surface area contributed by atoms with Crippen molar-refractivity contribution >= 4 is 16.9 Å². The van der Waals surface area contributed by atoms with Crippen molar-refractivity contribution in [1.29, 1.82) is 0 Å². The molecule has 0 radical (unpaired) electrons. The Morgan fingerprint density at radius 3 is 2.67 bits per heavy atom. The number of fused-ring (bicyclic) bond motifs is 2. The summed E-state index contributed by atoms with van der Waals surface area (Å²) in [4.78, 5) is 29.8. The van der Waals surface area contributed by atoms with Crippen LogP contribution in [0.25, 0.3) is 22.2 Å². The van der Waals surface area contributed by atoms with Gasteiger partial charge in [-0.3, -0.25) is 9.48 Å². The summed E-state index contributed by atoms with van der Waals surface area (Å²) in [6, 6.07) is 6.12. The topological polar surface area (TPSA) is 101 Å². The molecule has 1 amide bonds. The van der Waals surface area contributed by atoms with Crippen molar-refractivity contribution in [3.63, 3.8) is 0 Å². The van der Waals surface area contributed by atoms with Crippen LogP contribution in [0.1, 0.15) is 59.9 Å². The monoisotopic (exact) mass is 587 g/mol. The summed E-state index contributed by atoms with van der Waals surface area (Å²) >= 11 is 0. The number of aromatic amines is 1. The highest BCUT2D eigenvalue weighted by Gasteiger charge is 2.85. The van der Waals surface area contributed by atoms with Crippen molar-refractivity contribution in [2.45, 2.75) is 56.5 Å². The summed E-state index contributed by atoms with van der Waals surface area (Å²) in [7, 11) is 0. The van der Waals surface area contributed by atoms with Crippen LogP contribution in [0.15, 0.2) is 55.2 Å². The van der Waals surface area contributed by atoms with E-state index >= 15 is 0 Å². The average molecular weight is 588 g/mol. The number of benzene rings is 1. The molecule has 12 heteroatoms. The largest absolute Gasteiger partial charge is 0.346 e. The van der Waals surface area contributed by atoms with E-state index in [0.717, 1.165) is 36.4 Å². The highest BCUT2D eigenvalue weighted by atomic mass is 19.3. The number of alkyl halides is 2. The zero-order valence-corrected chi connectivity index (χ0v) is 22.7. The van der Waals surface area contributed by atoms with Crippen LogP contribution in [-0.4, -0.2) is 35.6 Å². The highest BCUT2D eigenvalue weighted by Crippen LogP contribution is 2.89. The van der Waals surface area contributed by atoms with Gasteiger partial charge in [0.25, 0.3) is 6.43 Å². The van der Waals surface area contributed by atoms with Crippen molar-refractivity contribution in [3.8, 4) is 11.1 Å². The lowest BCUT2D eigenvalue weighted by molar-refractivity contribution is -0.122. The Labute approximate surface area is 242 Å². The van der Waals surface area contributed by atoms with Crippen LogP contribution in [0.5, 0.6) is 0 Å². The molecule has 3 aliphatic carbocycles. The molecule has 0 saturated heterocycles. The number of carbonyl (C=O) groups excluding carboxylic acids is 1. The van der Waals surface area contributed by atoms with Crippen LogP contribution in [0.3, 0.4) is 0 Å². The van der Waals surface area contributed by atoms with Gasteiger partial charge in [0.1, 0.15) is 35.8 Å². The minimum atomic E-state index is -2.73. The quantitative estimate of drug-likeness (QED) is 0.233. The van der Waals surface area contributed by atoms with Crippen molar-refractivity contribution < 1.29 is 22.4 Å². The lowest BCUT2D eigenvalue weighted by atomic mass is 9.95. The van der Waals surface area contributed by atoms with Crippen molar-refractivity contribution in [3.05, 3.63) is 95.1 Å². The van der Waals surface area contributed by atoms with Gasteiger partial charge in [0, 0.05) is 57.8 Å². The van der Waals surface area contributed by atoms with E-state index in [9.17, 15) is 22.4 Å². The third-order valence-electron chi connectivity index (χ3n) is 9.42. The van der Waals surface area contributed by atoms with E-state index in [2.05, 4.69) is 30.4 Å². The zero-order valence-electron chi connectivity index (χ0n) is 22.7. The second kappa shape index (κ2) is 9.19. The molecular weight excluding hydrogens is 562 g/mol. The highest BCUT2D eigenvalue weighted by molar-refractivity contribution is 5.82. The molecule has 5 aromatic rings. The maximum Gasteiger partial charge on any atom is 0.282 e. The Kier molecular flexibility index (Phi) is 5.57. The third kappa shape index (κ3) is 4.14. The molecule has 1 atom stereocenters. The second-order valence-electron chi connectivity index (χ2n) is 11.9. The molecule has 0 spiro atoms. The van der Waals surface area contributed by atoms with Gasteiger partial charge in [-0.1, -0.05) is 0 Å². The fourth-order valence-electron chi connectivity index (χ4n) is 7.29. The fourth-order valence-corrected chi connectivity index (χ4v) is 7.29. The number of nitrogens with one attached hydrogen (secondary N) is 2. The molecule has 0 aliphatic heterocycles. The number of hydrogen-bond donors (Lipinski definition) is 2. The van der Waals surface area contributed by atoms with Gasteiger partial charge in [0.2, 0.25) is 5.91 Å². The molecule has 2 N–H and O–H groups in total. The van der Waals surface area contributed by atoms with Gasteiger partial charge in [-0.2, -0.15) is 5.10 Å². The van der Waals surface area contributed by atoms with E-state index in [0.29, 0.717) is 40.0 Å². The second-order valence-corrected chi connectivity index (χ2v) is 11.9. The summed E-state index contributed by atoms with van der Waals surface area (Å²) in [5, 5.41) is 8.04. The van der Waals surface area contributed by atoms with Gasteiger partial charge in [-0.05, 0) is 67.3 Å². The lowest BCUT2D eigenvalue weighted by Gasteiger charge is -2.22. The Hall–Kier alpha value is -4.61. The molecule has 0 unspecified atom stereocenters. The van der Waals surface area contributed by atoms with E-state index in [1.54, 1.807) is 18.6 Å².